The number of methoxy groups -OCH3 is 2. The van der Waals surface area contributed by atoms with E-state index in [1.807, 2.05) is 0 Å². The lowest BCUT2D eigenvalue weighted by Crippen LogP contribution is -2.27. The summed E-state index contributed by atoms with van der Waals surface area (Å²) in [6, 6.07) is 8.90. The summed E-state index contributed by atoms with van der Waals surface area (Å²) in [7, 11) is 0.308. The number of benzene rings is 2. The molecule has 1 aliphatic rings. The number of nitrogens with zero attached hydrogens (tertiary/aromatic N) is 1. The second kappa shape index (κ2) is 7.39. The quantitative estimate of drug-likeness (QED) is 0.734. The number of nitrogens with one attached hydrogen (secondary N) is 2. The number of rotatable bonds is 5. The van der Waals surface area contributed by atoms with Gasteiger partial charge in [-0.05, 0) is 30.3 Å². The van der Waals surface area contributed by atoms with Crippen molar-refractivity contribution in [3.63, 3.8) is 0 Å². The van der Waals surface area contributed by atoms with Crippen molar-refractivity contribution in [2.24, 2.45) is 0 Å². The van der Waals surface area contributed by atoms with Gasteiger partial charge in [0.15, 0.2) is 0 Å². The Morgan fingerprint density at radius 1 is 0.929 bits per heavy atom. The van der Waals surface area contributed by atoms with Crippen molar-refractivity contribution in [3.8, 4) is 11.5 Å². The molecule has 2 N–H and O–H groups in total. The van der Waals surface area contributed by atoms with E-state index in [-0.39, 0.29) is 22.7 Å². The van der Waals surface area contributed by atoms with Gasteiger partial charge in [-0.1, -0.05) is 0 Å². The average Bonchev–Trinajstić information content (AvgIpc) is 2.82. The van der Waals surface area contributed by atoms with Gasteiger partial charge in [0.05, 0.1) is 36.2 Å². The third-order valence-electron chi connectivity index (χ3n) is 4.24. The Kier molecular flexibility index (Phi) is 5.14. The van der Waals surface area contributed by atoms with E-state index < -0.39 is 21.8 Å². The second-order valence-corrected chi connectivity index (χ2v) is 7.96. The van der Waals surface area contributed by atoms with Gasteiger partial charge in [0, 0.05) is 13.1 Å². The highest BCUT2D eigenvalue weighted by Crippen LogP contribution is 2.36. The Bertz CT molecular complexity index is 1050. The summed E-state index contributed by atoms with van der Waals surface area (Å²) in [6.45, 7) is 0. The Morgan fingerprint density at radius 3 is 2.25 bits per heavy atom. The van der Waals surface area contributed by atoms with Gasteiger partial charge >= 0.3 is 0 Å². The number of amides is 2. The van der Waals surface area contributed by atoms with Crippen LogP contribution >= 0.6 is 0 Å². The lowest BCUT2D eigenvalue weighted by atomic mass is 10.2. The summed E-state index contributed by atoms with van der Waals surface area (Å²) in [5, 5.41) is 5.09. The van der Waals surface area contributed by atoms with E-state index in [4.69, 9.17) is 9.47 Å². The fourth-order valence-corrected chi connectivity index (χ4v) is 3.99. The Labute approximate surface area is 162 Å². The van der Waals surface area contributed by atoms with E-state index >= 15 is 0 Å². The van der Waals surface area contributed by atoms with Crippen LogP contribution in [0, 0.1) is 0 Å². The van der Waals surface area contributed by atoms with Crippen molar-refractivity contribution in [2.75, 3.05) is 36.2 Å². The molecule has 0 aliphatic carbocycles. The normalized spacial score (nSPS) is 13.7. The first-order valence-electron chi connectivity index (χ1n) is 8.21. The molecule has 0 unspecified atom stereocenters. The van der Waals surface area contributed by atoms with Gasteiger partial charge < -0.3 is 20.1 Å². The maximum Gasteiger partial charge on any atom is 0.264 e. The van der Waals surface area contributed by atoms with Gasteiger partial charge in [-0.25, -0.2) is 8.42 Å². The zero-order valence-electron chi connectivity index (χ0n) is 15.5. The van der Waals surface area contributed by atoms with Crippen LogP contribution in [0.25, 0.3) is 0 Å². The van der Waals surface area contributed by atoms with Crippen molar-refractivity contribution in [1.29, 1.82) is 0 Å². The van der Waals surface area contributed by atoms with Crippen molar-refractivity contribution in [2.45, 2.75) is 11.3 Å². The van der Waals surface area contributed by atoms with Crippen LogP contribution in [0.1, 0.15) is 6.42 Å². The molecule has 0 saturated heterocycles. The van der Waals surface area contributed by atoms with Crippen LogP contribution in [-0.2, 0) is 19.6 Å². The van der Waals surface area contributed by atoms with Gasteiger partial charge in [0.25, 0.3) is 10.0 Å². The maximum atomic E-state index is 13.1. The molecule has 0 bridgehead atoms. The molecule has 0 saturated carbocycles. The molecular weight excluding hydrogens is 386 g/mol. The van der Waals surface area contributed by atoms with Crippen molar-refractivity contribution >= 4 is 38.9 Å². The number of carbonyl (C=O) groups excluding carboxylic acids is 2. The maximum absolute atomic E-state index is 13.1. The zero-order chi connectivity index (χ0) is 20.5. The predicted octanol–water partition coefficient (Wildman–Crippen LogP) is 1.81. The zero-order valence-corrected chi connectivity index (χ0v) is 16.3. The van der Waals surface area contributed by atoms with E-state index in [1.165, 1.54) is 39.5 Å². The van der Waals surface area contributed by atoms with E-state index in [0.29, 0.717) is 17.2 Å². The van der Waals surface area contributed by atoms with Crippen molar-refractivity contribution < 1.29 is 27.5 Å². The number of hydrogen-bond donors (Lipinski definition) is 2. The third-order valence-corrected chi connectivity index (χ3v) is 6.01. The molecule has 2 amide bonds. The number of anilines is 3. The average molecular weight is 405 g/mol. The number of fused-ring (bicyclic) bond motifs is 1. The van der Waals surface area contributed by atoms with Gasteiger partial charge in [0.1, 0.15) is 17.9 Å². The molecule has 28 heavy (non-hydrogen) atoms. The van der Waals surface area contributed by atoms with Crippen LogP contribution in [0.3, 0.4) is 0 Å². The smallest absolute Gasteiger partial charge is 0.264 e. The predicted molar refractivity (Wildman–Crippen MR) is 103 cm³/mol. The standard InChI is InChI=1S/C18H19N3O6S/c1-21(15-8-11(26-2)4-7-16(15)27-3)28(24,25)12-5-6-13-14(9-12)20-18(23)10-17(22)19-13/h4-9H,10H2,1-3H3,(H,19,22)(H,20,23). The second-order valence-electron chi connectivity index (χ2n) is 5.99. The van der Waals surface area contributed by atoms with Crippen LogP contribution in [-0.4, -0.2) is 41.5 Å². The van der Waals surface area contributed by atoms with Gasteiger partial charge in [0.2, 0.25) is 11.8 Å². The first-order valence-corrected chi connectivity index (χ1v) is 9.65. The molecule has 1 aliphatic heterocycles. The number of hydrogen-bond acceptors (Lipinski definition) is 6. The molecule has 148 valence electrons. The number of carbonyl (C=O) groups is 2. The Hall–Kier alpha value is -3.27. The van der Waals surface area contributed by atoms with Crippen molar-refractivity contribution in [3.05, 3.63) is 36.4 Å². The minimum atomic E-state index is -3.99. The monoisotopic (exact) mass is 405 g/mol. The van der Waals surface area contributed by atoms with Gasteiger partial charge in [-0.3, -0.25) is 13.9 Å². The van der Waals surface area contributed by atoms with Crippen LogP contribution < -0.4 is 24.4 Å². The van der Waals surface area contributed by atoms with Gasteiger partial charge in [-0.15, -0.1) is 0 Å². The first-order chi connectivity index (χ1) is 13.3. The van der Waals surface area contributed by atoms with E-state index in [9.17, 15) is 18.0 Å². The topological polar surface area (TPSA) is 114 Å². The number of ether oxygens (including phenoxy) is 2. The molecule has 0 radical (unpaired) electrons. The molecule has 10 heteroatoms. The summed E-state index contributed by atoms with van der Waals surface area (Å²) >= 11 is 0. The summed E-state index contributed by atoms with van der Waals surface area (Å²) in [4.78, 5) is 23.3. The van der Waals surface area contributed by atoms with E-state index in [2.05, 4.69) is 10.6 Å². The fourth-order valence-electron chi connectivity index (χ4n) is 2.76. The lowest BCUT2D eigenvalue weighted by Gasteiger charge is -2.22. The molecule has 1 heterocycles. The molecular formula is C18H19N3O6S. The summed E-state index contributed by atoms with van der Waals surface area (Å²) in [6.07, 6.45) is -0.336. The molecule has 9 nitrogen and oxygen atoms in total. The molecule has 2 aromatic rings. The third kappa shape index (κ3) is 3.58. The van der Waals surface area contributed by atoms with Crippen molar-refractivity contribution in [1.82, 2.24) is 0 Å². The molecule has 3 rings (SSSR count). The highest BCUT2D eigenvalue weighted by atomic mass is 32.2. The fraction of sp³-hybridized carbons (Fsp3) is 0.222. The van der Waals surface area contributed by atoms with E-state index in [1.54, 1.807) is 18.2 Å². The molecule has 0 aromatic heterocycles. The minimum absolute atomic E-state index is 0.0601. The highest BCUT2D eigenvalue weighted by molar-refractivity contribution is 7.92. The summed E-state index contributed by atoms with van der Waals surface area (Å²) in [5.74, 6) is -0.171. The Morgan fingerprint density at radius 2 is 1.61 bits per heavy atom. The van der Waals surface area contributed by atoms with Crippen LogP contribution in [0.2, 0.25) is 0 Å². The van der Waals surface area contributed by atoms with Crippen LogP contribution in [0.5, 0.6) is 11.5 Å². The lowest BCUT2D eigenvalue weighted by molar-refractivity contribution is -0.123. The number of sulfonamides is 1. The van der Waals surface area contributed by atoms with Crippen LogP contribution in [0.15, 0.2) is 41.3 Å². The molecule has 2 aromatic carbocycles. The molecule has 0 fully saturated rings. The summed E-state index contributed by atoms with van der Waals surface area (Å²) < 4.78 is 37.8. The van der Waals surface area contributed by atoms with Crippen LogP contribution in [0.4, 0.5) is 17.1 Å². The first kappa shape index (κ1) is 19.5. The molecule has 0 spiro atoms. The SMILES string of the molecule is COc1ccc(OC)c(N(C)S(=O)(=O)c2ccc3c(c2)NC(=O)CC(=O)N3)c1. The highest BCUT2D eigenvalue weighted by Gasteiger charge is 2.27. The van der Waals surface area contributed by atoms with E-state index in [0.717, 1.165) is 4.31 Å². The van der Waals surface area contributed by atoms with Gasteiger partial charge in [-0.2, -0.15) is 0 Å². The summed E-state index contributed by atoms with van der Waals surface area (Å²) in [5.41, 5.74) is 0.827. The Balaban J connectivity index is 2.04. The largest absolute Gasteiger partial charge is 0.497 e. The minimum Gasteiger partial charge on any atom is -0.497 e. The molecule has 0 atom stereocenters.